The SMILES string of the molecule is Cc1cc(NC(=O)c2cnc(-c3ccc4c(c3)OCO4)s2)nc(C(C)C)n1. The number of carbonyl (C=O) groups is 1. The lowest BCUT2D eigenvalue weighted by atomic mass is 10.2. The maximum Gasteiger partial charge on any atom is 0.268 e. The number of thiazole rings is 1. The van der Waals surface area contributed by atoms with E-state index in [1.807, 2.05) is 39.0 Å². The highest BCUT2D eigenvalue weighted by molar-refractivity contribution is 7.17. The van der Waals surface area contributed by atoms with Crippen molar-refractivity contribution in [3.63, 3.8) is 0 Å². The van der Waals surface area contributed by atoms with Crippen molar-refractivity contribution in [2.75, 3.05) is 12.1 Å². The fraction of sp³-hybridized carbons (Fsp3) is 0.263. The lowest BCUT2D eigenvalue weighted by Crippen LogP contribution is -2.13. The number of amides is 1. The molecule has 0 saturated carbocycles. The van der Waals surface area contributed by atoms with Gasteiger partial charge in [0.2, 0.25) is 6.79 Å². The van der Waals surface area contributed by atoms with Gasteiger partial charge in [0.15, 0.2) is 11.5 Å². The van der Waals surface area contributed by atoms with Gasteiger partial charge in [-0.25, -0.2) is 15.0 Å². The number of hydrogen-bond acceptors (Lipinski definition) is 7. The van der Waals surface area contributed by atoms with Crippen molar-refractivity contribution >= 4 is 23.1 Å². The van der Waals surface area contributed by atoms with Crippen LogP contribution in [0.2, 0.25) is 0 Å². The van der Waals surface area contributed by atoms with Gasteiger partial charge in [-0.2, -0.15) is 0 Å². The summed E-state index contributed by atoms with van der Waals surface area (Å²) in [5.74, 6) is 2.54. The summed E-state index contributed by atoms with van der Waals surface area (Å²) in [5.41, 5.74) is 1.69. The van der Waals surface area contributed by atoms with E-state index in [-0.39, 0.29) is 18.6 Å². The molecular formula is C19H18N4O3S. The third-order valence-electron chi connectivity index (χ3n) is 3.98. The van der Waals surface area contributed by atoms with Crippen LogP contribution in [-0.2, 0) is 0 Å². The molecule has 0 saturated heterocycles. The molecule has 138 valence electrons. The molecule has 0 unspecified atom stereocenters. The Bertz CT molecular complexity index is 1020. The summed E-state index contributed by atoms with van der Waals surface area (Å²) in [6.45, 7) is 6.14. The molecule has 0 fully saturated rings. The van der Waals surface area contributed by atoms with Crippen LogP contribution in [0.1, 0.15) is 41.0 Å². The number of aromatic nitrogens is 3. The molecule has 0 bridgehead atoms. The van der Waals surface area contributed by atoms with E-state index >= 15 is 0 Å². The van der Waals surface area contributed by atoms with Crippen LogP contribution in [0.3, 0.4) is 0 Å². The van der Waals surface area contributed by atoms with Gasteiger partial charge in [-0.05, 0) is 25.1 Å². The number of ether oxygens (including phenoxy) is 2. The maximum absolute atomic E-state index is 12.6. The third kappa shape index (κ3) is 3.61. The Morgan fingerprint density at radius 3 is 2.81 bits per heavy atom. The molecule has 8 heteroatoms. The first-order chi connectivity index (χ1) is 13.0. The van der Waals surface area contributed by atoms with Crippen LogP contribution in [0.5, 0.6) is 11.5 Å². The van der Waals surface area contributed by atoms with Gasteiger partial charge in [0.05, 0.1) is 6.20 Å². The van der Waals surface area contributed by atoms with E-state index < -0.39 is 0 Å². The van der Waals surface area contributed by atoms with Crippen molar-refractivity contribution < 1.29 is 14.3 Å². The highest BCUT2D eigenvalue weighted by Crippen LogP contribution is 2.37. The predicted molar refractivity (Wildman–Crippen MR) is 102 cm³/mol. The minimum atomic E-state index is -0.243. The fourth-order valence-corrected chi connectivity index (χ4v) is 3.44. The number of fused-ring (bicyclic) bond motifs is 1. The van der Waals surface area contributed by atoms with Gasteiger partial charge in [-0.1, -0.05) is 13.8 Å². The van der Waals surface area contributed by atoms with Crippen molar-refractivity contribution in [1.82, 2.24) is 15.0 Å². The molecule has 2 aromatic heterocycles. The average Bonchev–Trinajstić information content (AvgIpc) is 3.30. The van der Waals surface area contributed by atoms with E-state index in [4.69, 9.17) is 9.47 Å². The van der Waals surface area contributed by atoms with Gasteiger partial charge in [0.25, 0.3) is 5.91 Å². The molecule has 27 heavy (non-hydrogen) atoms. The number of nitrogens with one attached hydrogen (secondary N) is 1. The molecule has 4 rings (SSSR count). The normalized spacial score (nSPS) is 12.4. The number of aryl methyl sites for hydroxylation is 1. The molecular weight excluding hydrogens is 364 g/mol. The van der Waals surface area contributed by atoms with E-state index in [0.29, 0.717) is 28.0 Å². The van der Waals surface area contributed by atoms with Gasteiger partial charge in [0.1, 0.15) is 21.5 Å². The Morgan fingerprint density at radius 1 is 1.19 bits per heavy atom. The van der Waals surface area contributed by atoms with E-state index in [9.17, 15) is 4.79 Å². The lowest BCUT2D eigenvalue weighted by Gasteiger charge is -2.08. The van der Waals surface area contributed by atoms with Crippen LogP contribution in [0.25, 0.3) is 10.6 Å². The average molecular weight is 382 g/mol. The Hall–Kier alpha value is -3.00. The van der Waals surface area contributed by atoms with Crippen LogP contribution in [0, 0.1) is 6.92 Å². The number of rotatable bonds is 4. The third-order valence-corrected chi connectivity index (χ3v) is 5.02. The summed E-state index contributed by atoms with van der Waals surface area (Å²) < 4.78 is 10.7. The number of anilines is 1. The van der Waals surface area contributed by atoms with Gasteiger partial charge >= 0.3 is 0 Å². The van der Waals surface area contributed by atoms with E-state index in [1.54, 1.807) is 12.3 Å². The first-order valence-electron chi connectivity index (χ1n) is 8.52. The summed E-state index contributed by atoms with van der Waals surface area (Å²) in [4.78, 5) is 26.3. The van der Waals surface area contributed by atoms with Crippen LogP contribution in [0.4, 0.5) is 5.82 Å². The van der Waals surface area contributed by atoms with Crippen molar-refractivity contribution in [3.8, 4) is 22.1 Å². The minimum absolute atomic E-state index is 0.182. The second-order valence-electron chi connectivity index (χ2n) is 6.46. The van der Waals surface area contributed by atoms with E-state index in [1.165, 1.54) is 11.3 Å². The minimum Gasteiger partial charge on any atom is -0.454 e. The van der Waals surface area contributed by atoms with Crippen LogP contribution < -0.4 is 14.8 Å². The highest BCUT2D eigenvalue weighted by Gasteiger charge is 2.17. The molecule has 1 aliphatic heterocycles. The summed E-state index contributed by atoms with van der Waals surface area (Å²) in [6.07, 6.45) is 1.57. The van der Waals surface area contributed by atoms with Crippen molar-refractivity contribution in [3.05, 3.63) is 46.9 Å². The smallest absolute Gasteiger partial charge is 0.268 e. The summed E-state index contributed by atoms with van der Waals surface area (Å²) in [7, 11) is 0. The zero-order valence-electron chi connectivity index (χ0n) is 15.1. The molecule has 0 radical (unpaired) electrons. The molecule has 0 spiro atoms. The Labute approximate surface area is 160 Å². The fourth-order valence-electron chi connectivity index (χ4n) is 2.63. The van der Waals surface area contributed by atoms with E-state index in [0.717, 1.165) is 16.3 Å². The van der Waals surface area contributed by atoms with Crippen molar-refractivity contribution in [1.29, 1.82) is 0 Å². The molecule has 7 nitrogen and oxygen atoms in total. The second kappa shape index (κ2) is 6.96. The lowest BCUT2D eigenvalue weighted by molar-refractivity contribution is 0.103. The monoisotopic (exact) mass is 382 g/mol. The first kappa shape index (κ1) is 17.4. The number of hydrogen-bond donors (Lipinski definition) is 1. The highest BCUT2D eigenvalue weighted by atomic mass is 32.1. The van der Waals surface area contributed by atoms with Gasteiger partial charge in [-0.3, -0.25) is 4.79 Å². The summed E-state index contributed by atoms with van der Waals surface area (Å²) in [6, 6.07) is 7.36. The first-order valence-corrected chi connectivity index (χ1v) is 9.34. The standard InChI is InChI=1S/C19H18N4O3S/c1-10(2)17-21-11(3)6-16(22-17)23-18(24)15-8-20-19(27-15)12-4-5-13-14(7-12)26-9-25-13/h4-8,10H,9H2,1-3H3,(H,21,22,23,24). The number of carbonyl (C=O) groups excluding carboxylic acids is 1. The number of nitrogens with zero attached hydrogens (tertiary/aromatic N) is 3. The summed E-state index contributed by atoms with van der Waals surface area (Å²) in [5, 5.41) is 3.57. The zero-order valence-corrected chi connectivity index (χ0v) is 16.0. The largest absolute Gasteiger partial charge is 0.454 e. The van der Waals surface area contributed by atoms with Crippen LogP contribution in [-0.4, -0.2) is 27.7 Å². The van der Waals surface area contributed by atoms with Gasteiger partial charge in [-0.15, -0.1) is 11.3 Å². The quantitative estimate of drug-likeness (QED) is 0.734. The molecule has 1 aromatic carbocycles. The molecule has 0 aliphatic carbocycles. The van der Waals surface area contributed by atoms with E-state index in [2.05, 4.69) is 20.3 Å². The van der Waals surface area contributed by atoms with Crippen molar-refractivity contribution in [2.24, 2.45) is 0 Å². The van der Waals surface area contributed by atoms with Gasteiger partial charge in [0, 0.05) is 23.2 Å². The topological polar surface area (TPSA) is 86.2 Å². The Balaban J connectivity index is 1.54. The van der Waals surface area contributed by atoms with Crippen molar-refractivity contribution in [2.45, 2.75) is 26.7 Å². The van der Waals surface area contributed by atoms with Gasteiger partial charge < -0.3 is 14.8 Å². The molecule has 1 amide bonds. The maximum atomic E-state index is 12.6. The molecule has 1 aliphatic rings. The Kier molecular flexibility index (Phi) is 4.49. The van der Waals surface area contributed by atoms with Crippen LogP contribution >= 0.6 is 11.3 Å². The number of benzene rings is 1. The second-order valence-corrected chi connectivity index (χ2v) is 7.49. The molecule has 1 N–H and O–H groups in total. The Morgan fingerprint density at radius 2 is 2.00 bits per heavy atom. The molecule has 0 atom stereocenters. The summed E-state index contributed by atoms with van der Waals surface area (Å²) >= 11 is 1.31. The zero-order chi connectivity index (χ0) is 19.0. The molecule has 3 heterocycles. The molecule has 3 aromatic rings. The predicted octanol–water partition coefficient (Wildman–Crippen LogP) is 4.01. The van der Waals surface area contributed by atoms with Crippen LogP contribution in [0.15, 0.2) is 30.5 Å².